The molecule has 39 heavy (non-hydrogen) atoms. The summed E-state index contributed by atoms with van der Waals surface area (Å²) in [5.41, 5.74) is 2.70. The Hall–Kier alpha value is -2.42. The molecule has 2 fully saturated rings. The second-order valence-electron chi connectivity index (χ2n) is 10.9. The zero-order valence-corrected chi connectivity index (χ0v) is 24.6. The molecule has 7 nitrogen and oxygen atoms in total. The number of para-hydroxylation sites is 1. The average molecular weight is 590 g/mol. The number of hydrogen-bond donors (Lipinski definition) is 1. The van der Waals surface area contributed by atoms with E-state index in [9.17, 15) is 14.4 Å². The number of piperidine rings is 1. The Kier molecular flexibility index (Phi) is 8.64. The molecular formula is C29H34Cl2N4O3S. The molecule has 3 heterocycles. The van der Waals surface area contributed by atoms with Gasteiger partial charge in [-0.1, -0.05) is 61.3 Å². The van der Waals surface area contributed by atoms with Crippen molar-refractivity contribution < 1.29 is 14.4 Å². The molecule has 0 saturated carbocycles. The van der Waals surface area contributed by atoms with Gasteiger partial charge in [0.2, 0.25) is 11.8 Å². The highest BCUT2D eigenvalue weighted by molar-refractivity contribution is 8.01. The molecule has 3 aliphatic rings. The monoisotopic (exact) mass is 588 g/mol. The lowest BCUT2D eigenvalue weighted by Crippen LogP contribution is -2.51. The normalized spacial score (nSPS) is 21.9. The number of fused-ring (bicyclic) bond motifs is 1. The molecule has 0 aromatic heterocycles. The largest absolute Gasteiger partial charge is 0.342 e. The molecule has 2 unspecified atom stereocenters. The number of benzene rings is 2. The standard InChI is InChI=1S/C29H34Cl2N4O3S/c1-18(2)10-15-34-27(37)24(39-28(34)26-21(30)7-5-8-22(26)31)16-25(36)33-13-11-20(12-14-33)35-17-19-6-3-4-9-23(19)32-29(35)38/h3-9,18,20,24,28H,10-17H2,1-2H3,(H,32,38). The van der Waals surface area contributed by atoms with Crippen LogP contribution in [0.15, 0.2) is 42.5 Å². The van der Waals surface area contributed by atoms with Crippen LogP contribution in [-0.2, 0) is 16.1 Å². The number of nitrogens with zero attached hydrogens (tertiary/aromatic N) is 3. The first-order chi connectivity index (χ1) is 18.7. The van der Waals surface area contributed by atoms with Crippen molar-refractivity contribution in [3.05, 3.63) is 63.6 Å². The van der Waals surface area contributed by atoms with Gasteiger partial charge in [-0.05, 0) is 48.9 Å². The highest BCUT2D eigenvalue weighted by Gasteiger charge is 2.44. The number of rotatable bonds is 7. The second-order valence-corrected chi connectivity index (χ2v) is 13.0. The Morgan fingerprint density at radius 2 is 1.74 bits per heavy atom. The number of carbonyl (C=O) groups excluding carboxylic acids is 3. The third-order valence-electron chi connectivity index (χ3n) is 7.81. The highest BCUT2D eigenvalue weighted by atomic mass is 35.5. The third kappa shape index (κ3) is 6.03. The molecule has 0 radical (unpaired) electrons. The molecule has 3 aliphatic heterocycles. The molecule has 1 N–H and O–H groups in total. The number of thioether (sulfide) groups is 1. The van der Waals surface area contributed by atoms with Crippen LogP contribution in [0.5, 0.6) is 0 Å². The highest BCUT2D eigenvalue weighted by Crippen LogP contribution is 2.48. The van der Waals surface area contributed by atoms with Crippen molar-refractivity contribution in [2.24, 2.45) is 5.92 Å². The summed E-state index contributed by atoms with van der Waals surface area (Å²) in [4.78, 5) is 45.2. The number of urea groups is 1. The number of hydrogen-bond acceptors (Lipinski definition) is 4. The van der Waals surface area contributed by atoms with Crippen LogP contribution in [0.25, 0.3) is 0 Å². The molecule has 4 amide bonds. The van der Waals surface area contributed by atoms with Gasteiger partial charge in [0.1, 0.15) is 5.37 Å². The SMILES string of the molecule is CC(C)CCN1C(=O)C(CC(=O)N2CCC(N3Cc4ccccc4NC3=O)CC2)SC1c1c(Cl)cccc1Cl. The summed E-state index contributed by atoms with van der Waals surface area (Å²) >= 11 is 14.5. The van der Waals surface area contributed by atoms with Crippen LogP contribution in [-0.4, -0.2) is 63.5 Å². The summed E-state index contributed by atoms with van der Waals surface area (Å²) in [5.74, 6) is 0.374. The first-order valence-electron chi connectivity index (χ1n) is 13.6. The van der Waals surface area contributed by atoms with Gasteiger partial charge in [0, 0.05) is 59.9 Å². The fourth-order valence-corrected chi connectivity index (χ4v) is 7.83. The maximum Gasteiger partial charge on any atom is 0.322 e. The minimum atomic E-state index is -0.482. The van der Waals surface area contributed by atoms with Crippen molar-refractivity contribution in [2.75, 3.05) is 25.0 Å². The van der Waals surface area contributed by atoms with Crippen molar-refractivity contribution in [1.29, 1.82) is 0 Å². The van der Waals surface area contributed by atoms with E-state index >= 15 is 0 Å². The van der Waals surface area contributed by atoms with Gasteiger partial charge in [-0.2, -0.15) is 0 Å². The number of carbonyl (C=O) groups is 3. The van der Waals surface area contributed by atoms with E-state index in [1.165, 1.54) is 11.8 Å². The van der Waals surface area contributed by atoms with Crippen LogP contribution in [0.3, 0.4) is 0 Å². The van der Waals surface area contributed by atoms with Crippen molar-refractivity contribution in [3.63, 3.8) is 0 Å². The van der Waals surface area contributed by atoms with E-state index in [2.05, 4.69) is 19.2 Å². The Morgan fingerprint density at radius 3 is 2.44 bits per heavy atom. The van der Waals surface area contributed by atoms with E-state index in [-0.39, 0.29) is 35.7 Å². The molecule has 0 aliphatic carbocycles. The number of amides is 4. The van der Waals surface area contributed by atoms with Gasteiger partial charge >= 0.3 is 6.03 Å². The minimum absolute atomic E-state index is 0.0255. The summed E-state index contributed by atoms with van der Waals surface area (Å²) < 4.78 is 0. The molecular weight excluding hydrogens is 555 g/mol. The van der Waals surface area contributed by atoms with E-state index in [0.717, 1.165) is 23.2 Å². The van der Waals surface area contributed by atoms with E-state index in [1.807, 2.05) is 39.0 Å². The van der Waals surface area contributed by atoms with Crippen LogP contribution < -0.4 is 5.32 Å². The number of likely N-dealkylation sites (tertiary alicyclic amines) is 1. The summed E-state index contributed by atoms with van der Waals surface area (Å²) in [6, 6.07) is 13.2. The van der Waals surface area contributed by atoms with Gasteiger partial charge in [-0.15, -0.1) is 11.8 Å². The molecule has 2 aromatic carbocycles. The lowest BCUT2D eigenvalue weighted by Gasteiger charge is -2.40. The molecule has 2 saturated heterocycles. The molecule has 10 heteroatoms. The zero-order chi connectivity index (χ0) is 27.7. The number of anilines is 1. The summed E-state index contributed by atoms with van der Waals surface area (Å²) in [7, 11) is 0. The number of halogens is 2. The lowest BCUT2D eigenvalue weighted by atomic mass is 10.0. The predicted octanol–water partition coefficient (Wildman–Crippen LogP) is 6.41. The fourth-order valence-electron chi connectivity index (χ4n) is 5.55. The van der Waals surface area contributed by atoms with Gasteiger partial charge in [0.05, 0.1) is 5.25 Å². The van der Waals surface area contributed by atoms with E-state index in [4.69, 9.17) is 23.2 Å². The van der Waals surface area contributed by atoms with Crippen LogP contribution >= 0.6 is 35.0 Å². The maximum absolute atomic E-state index is 13.5. The zero-order valence-electron chi connectivity index (χ0n) is 22.2. The first-order valence-corrected chi connectivity index (χ1v) is 15.3. The van der Waals surface area contributed by atoms with Gasteiger partial charge in [-0.3, -0.25) is 9.59 Å². The Bertz CT molecular complexity index is 1230. The predicted molar refractivity (Wildman–Crippen MR) is 157 cm³/mol. The summed E-state index contributed by atoms with van der Waals surface area (Å²) in [6.45, 7) is 6.55. The maximum atomic E-state index is 13.5. The Morgan fingerprint density at radius 1 is 1.05 bits per heavy atom. The molecule has 208 valence electrons. The van der Waals surface area contributed by atoms with Gasteiger partial charge in [-0.25, -0.2) is 4.79 Å². The van der Waals surface area contributed by atoms with Crippen molar-refractivity contribution in [2.45, 2.75) is 62.7 Å². The molecule has 2 aromatic rings. The lowest BCUT2D eigenvalue weighted by molar-refractivity contribution is -0.137. The van der Waals surface area contributed by atoms with Gasteiger partial charge in [0.25, 0.3) is 0 Å². The van der Waals surface area contributed by atoms with Crippen molar-refractivity contribution in [1.82, 2.24) is 14.7 Å². The van der Waals surface area contributed by atoms with Crippen molar-refractivity contribution in [3.8, 4) is 0 Å². The third-order valence-corrected chi connectivity index (χ3v) is 9.91. The number of nitrogens with one attached hydrogen (secondary N) is 1. The molecule has 0 bridgehead atoms. The summed E-state index contributed by atoms with van der Waals surface area (Å²) in [5, 5.41) is 3.24. The van der Waals surface area contributed by atoms with E-state index in [1.54, 1.807) is 18.2 Å². The topological polar surface area (TPSA) is 73.0 Å². The average Bonchev–Trinajstić information content (AvgIpc) is 3.21. The quantitative estimate of drug-likeness (QED) is 0.405. The fraction of sp³-hybridized carbons (Fsp3) is 0.483. The van der Waals surface area contributed by atoms with Crippen LogP contribution in [0.2, 0.25) is 10.0 Å². The molecule has 0 spiro atoms. The summed E-state index contributed by atoms with van der Waals surface area (Å²) in [6.07, 6.45) is 2.42. The molecule has 5 rings (SSSR count). The van der Waals surface area contributed by atoms with Crippen molar-refractivity contribution >= 4 is 58.5 Å². The van der Waals surface area contributed by atoms with Crippen LogP contribution in [0.1, 0.15) is 56.0 Å². The van der Waals surface area contributed by atoms with E-state index < -0.39 is 5.25 Å². The Labute approximate surface area is 244 Å². The Balaban J connectivity index is 1.22. The van der Waals surface area contributed by atoms with E-state index in [0.29, 0.717) is 55.0 Å². The first kappa shape index (κ1) is 28.1. The van der Waals surface area contributed by atoms with Gasteiger partial charge < -0.3 is 20.0 Å². The second kappa shape index (κ2) is 12.0. The van der Waals surface area contributed by atoms with Crippen LogP contribution in [0.4, 0.5) is 10.5 Å². The van der Waals surface area contributed by atoms with Crippen LogP contribution in [0, 0.1) is 5.92 Å². The molecule has 2 atom stereocenters. The van der Waals surface area contributed by atoms with Gasteiger partial charge in [0.15, 0.2) is 0 Å². The smallest absolute Gasteiger partial charge is 0.322 e. The minimum Gasteiger partial charge on any atom is -0.342 e.